The van der Waals surface area contributed by atoms with Crippen molar-refractivity contribution in [2.24, 2.45) is 0 Å². The van der Waals surface area contributed by atoms with E-state index in [9.17, 15) is 8.78 Å². The maximum absolute atomic E-state index is 12.2. The number of rotatable bonds is 2. The van der Waals surface area contributed by atoms with Gasteiger partial charge in [0, 0.05) is 11.3 Å². The molecule has 4 heteroatoms. The summed E-state index contributed by atoms with van der Waals surface area (Å²) in [6.45, 7) is 1.74. The van der Waals surface area contributed by atoms with Crippen molar-refractivity contribution in [1.29, 1.82) is 0 Å². The lowest BCUT2D eigenvalue weighted by Gasteiger charge is -2.05. The van der Waals surface area contributed by atoms with Crippen LogP contribution in [0, 0.1) is 6.92 Å². The summed E-state index contributed by atoms with van der Waals surface area (Å²) in [5.41, 5.74) is 0.900. The second-order valence-electron chi connectivity index (χ2n) is 2.42. The van der Waals surface area contributed by atoms with Crippen LogP contribution in [0.5, 0.6) is 0 Å². The number of pyridine rings is 1. The first-order valence-corrected chi connectivity index (χ1v) is 3.99. The van der Waals surface area contributed by atoms with Gasteiger partial charge in [-0.3, -0.25) is 4.98 Å². The third-order valence-electron chi connectivity index (χ3n) is 1.51. The molecule has 0 spiro atoms. The molecule has 0 bridgehead atoms. The Kier molecular flexibility index (Phi) is 2.98. The largest absolute Gasteiger partial charge is 0.265 e. The fourth-order valence-electron chi connectivity index (χ4n) is 0.927. The molecule has 1 aromatic rings. The van der Waals surface area contributed by atoms with Gasteiger partial charge in [0.25, 0.3) is 6.43 Å². The molecule has 0 saturated carbocycles. The summed E-state index contributed by atoms with van der Waals surface area (Å²) in [5.74, 6) is 0.0291. The Morgan fingerprint density at radius 1 is 1.50 bits per heavy atom. The second kappa shape index (κ2) is 3.81. The average Bonchev–Trinajstić information content (AvgIpc) is 2.03. The molecule has 12 heavy (non-hydrogen) atoms. The van der Waals surface area contributed by atoms with Crippen molar-refractivity contribution in [3.63, 3.8) is 0 Å². The number of hydrogen-bond acceptors (Lipinski definition) is 1. The number of hydrogen-bond donors (Lipinski definition) is 0. The summed E-state index contributed by atoms with van der Waals surface area (Å²) >= 11 is 5.45. The van der Waals surface area contributed by atoms with Crippen LogP contribution >= 0.6 is 11.6 Å². The number of nitrogens with zero attached hydrogens (tertiary/aromatic N) is 1. The van der Waals surface area contributed by atoms with Crippen molar-refractivity contribution in [1.82, 2.24) is 4.98 Å². The Labute approximate surface area is 74.4 Å². The molecule has 0 radical (unpaired) electrons. The average molecular weight is 192 g/mol. The lowest BCUT2D eigenvalue weighted by molar-refractivity contribution is 0.150. The fourth-order valence-corrected chi connectivity index (χ4v) is 1.14. The summed E-state index contributed by atoms with van der Waals surface area (Å²) in [7, 11) is 0. The minimum Gasteiger partial charge on any atom is -0.256 e. The van der Waals surface area contributed by atoms with E-state index in [-0.39, 0.29) is 17.1 Å². The molecule has 0 aromatic carbocycles. The van der Waals surface area contributed by atoms with E-state index in [0.717, 1.165) is 0 Å². The Morgan fingerprint density at radius 3 is 2.67 bits per heavy atom. The summed E-state index contributed by atoms with van der Waals surface area (Å²) < 4.78 is 24.5. The van der Waals surface area contributed by atoms with Gasteiger partial charge in [0.15, 0.2) is 0 Å². The first-order valence-electron chi connectivity index (χ1n) is 3.45. The molecule has 66 valence electrons. The Morgan fingerprint density at radius 2 is 2.17 bits per heavy atom. The molecule has 1 nitrogen and oxygen atoms in total. The smallest absolute Gasteiger partial charge is 0.256 e. The monoisotopic (exact) mass is 191 g/mol. The van der Waals surface area contributed by atoms with Crippen LogP contribution in [-0.2, 0) is 5.88 Å². The van der Waals surface area contributed by atoms with E-state index in [4.69, 9.17) is 11.6 Å². The SMILES string of the molecule is Cc1ccc(C(F)F)c(CCl)n1. The molecule has 0 unspecified atom stereocenters. The molecule has 0 aliphatic rings. The predicted molar refractivity (Wildman–Crippen MR) is 43.5 cm³/mol. The zero-order chi connectivity index (χ0) is 9.14. The summed E-state index contributed by atoms with van der Waals surface area (Å²) in [6.07, 6.45) is -2.49. The van der Waals surface area contributed by atoms with E-state index in [0.29, 0.717) is 5.69 Å². The third-order valence-corrected chi connectivity index (χ3v) is 1.76. The summed E-state index contributed by atoms with van der Waals surface area (Å²) in [5, 5.41) is 0. The van der Waals surface area contributed by atoms with E-state index < -0.39 is 6.43 Å². The lowest BCUT2D eigenvalue weighted by Crippen LogP contribution is -1.97. The maximum Gasteiger partial charge on any atom is 0.265 e. The second-order valence-corrected chi connectivity index (χ2v) is 2.69. The fraction of sp³-hybridized carbons (Fsp3) is 0.375. The van der Waals surface area contributed by atoms with E-state index in [1.54, 1.807) is 13.0 Å². The van der Waals surface area contributed by atoms with Crippen molar-refractivity contribution in [2.75, 3.05) is 0 Å². The molecule has 0 saturated heterocycles. The summed E-state index contributed by atoms with van der Waals surface area (Å²) in [4.78, 5) is 3.90. The van der Waals surface area contributed by atoms with Crippen LogP contribution < -0.4 is 0 Å². The highest BCUT2D eigenvalue weighted by Gasteiger charge is 2.12. The normalized spacial score (nSPS) is 10.8. The summed E-state index contributed by atoms with van der Waals surface area (Å²) in [6, 6.07) is 2.92. The zero-order valence-electron chi connectivity index (χ0n) is 6.52. The molecular formula is C8H8ClF2N. The van der Waals surface area contributed by atoms with Gasteiger partial charge in [0.1, 0.15) is 0 Å². The first kappa shape index (κ1) is 9.39. The number of aryl methyl sites for hydroxylation is 1. The molecule has 1 rings (SSSR count). The van der Waals surface area contributed by atoms with Gasteiger partial charge >= 0.3 is 0 Å². The van der Waals surface area contributed by atoms with Crippen LogP contribution in [0.2, 0.25) is 0 Å². The van der Waals surface area contributed by atoms with Gasteiger partial charge in [-0.1, -0.05) is 0 Å². The van der Waals surface area contributed by atoms with E-state index in [2.05, 4.69) is 4.98 Å². The van der Waals surface area contributed by atoms with Crippen LogP contribution in [0.15, 0.2) is 12.1 Å². The molecular weight excluding hydrogens is 184 g/mol. The first-order chi connectivity index (χ1) is 5.65. The molecule has 0 fully saturated rings. The molecule has 0 amide bonds. The van der Waals surface area contributed by atoms with Gasteiger partial charge in [-0.25, -0.2) is 8.78 Å². The van der Waals surface area contributed by atoms with Crippen LogP contribution in [0.1, 0.15) is 23.4 Å². The van der Waals surface area contributed by atoms with Crippen molar-refractivity contribution >= 4 is 11.6 Å². The Bertz CT molecular complexity index is 276. The minimum absolute atomic E-state index is 0.0291. The molecule has 0 atom stereocenters. The van der Waals surface area contributed by atoms with Crippen molar-refractivity contribution < 1.29 is 8.78 Å². The van der Waals surface area contributed by atoms with Crippen molar-refractivity contribution in [3.8, 4) is 0 Å². The number of aromatic nitrogens is 1. The van der Waals surface area contributed by atoms with Gasteiger partial charge < -0.3 is 0 Å². The molecule has 0 aliphatic carbocycles. The highest BCUT2D eigenvalue weighted by molar-refractivity contribution is 6.17. The topological polar surface area (TPSA) is 12.9 Å². The maximum atomic E-state index is 12.2. The van der Waals surface area contributed by atoms with Crippen LogP contribution in [0.4, 0.5) is 8.78 Å². The Hall–Kier alpha value is -0.700. The van der Waals surface area contributed by atoms with Gasteiger partial charge in [-0.15, -0.1) is 11.6 Å². The molecule has 1 aromatic heterocycles. The highest BCUT2D eigenvalue weighted by Crippen LogP contribution is 2.22. The van der Waals surface area contributed by atoms with Crippen LogP contribution in [0.25, 0.3) is 0 Å². The van der Waals surface area contributed by atoms with Crippen LogP contribution in [0.3, 0.4) is 0 Å². The standard InChI is InChI=1S/C8H8ClF2N/c1-5-2-3-6(8(10)11)7(4-9)12-5/h2-3,8H,4H2,1H3. The van der Waals surface area contributed by atoms with E-state index in [1.165, 1.54) is 6.07 Å². The molecule has 0 aliphatic heterocycles. The lowest BCUT2D eigenvalue weighted by atomic mass is 10.2. The zero-order valence-corrected chi connectivity index (χ0v) is 7.28. The van der Waals surface area contributed by atoms with E-state index in [1.807, 2.05) is 0 Å². The van der Waals surface area contributed by atoms with Crippen molar-refractivity contribution in [2.45, 2.75) is 19.2 Å². The van der Waals surface area contributed by atoms with E-state index >= 15 is 0 Å². The Balaban J connectivity index is 3.11. The van der Waals surface area contributed by atoms with Gasteiger partial charge in [0.2, 0.25) is 0 Å². The number of halogens is 3. The van der Waals surface area contributed by atoms with Crippen molar-refractivity contribution in [3.05, 3.63) is 29.1 Å². The highest BCUT2D eigenvalue weighted by atomic mass is 35.5. The molecule has 1 heterocycles. The van der Waals surface area contributed by atoms with Gasteiger partial charge in [-0.2, -0.15) is 0 Å². The molecule has 0 N–H and O–H groups in total. The van der Waals surface area contributed by atoms with Gasteiger partial charge in [0.05, 0.1) is 11.6 Å². The minimum atomic E-state index is -2.49. The van der Waals surface area contributed by atoms with Gasteiger partial charge in [-0.05, 0) is 19.1 Å². The number of alkyl halides is 3. The quantitative estimate of drug-likeness (QED) is 0.655. The predicted octanol–water partition coefficient (Wildman–Crippen LogP) is 3.07. The van der Waals surface area contributed by atoms with Crippen LogP contribution in [-0.4, -0.2) is 4.98 Å². The third kappa shape index (κ3) is 1.91.